The molecule has 5 heteroatoms. The Hall–Kier alpha value is -1.62. The molecule has 0 fully saturated rings. The lowest BCUT2D eigenvalue weighted by Crippen LogP contribution is -2.27. The highest BCUT2D eigenvalue weighted by molar-refractivity contribution is 5.85. The van der Waals surface area contributed by atoms with Crippen LogP contribution in [0.15, 0.2) is 18.3 Å². The highest BCUT2D eigenvalue weighted by Gasteiger charge is 2.07. The number of carbonyl (C=O) groups is 1. The van der Waals surface area contributed by atoms with Gasteiger partial charge in [0.05, 0.1) is 11.9 Å². The molecule has 0 aromatic carbocycles. The summed E-state index contributed by atoms with van der Waals surface area (Å²) < 4.78 is 0. The number of aromatic carboxylic acids is 1. The Kier molecular flexibility index (Phi) is 5.58. The SMILES string of the molecule is CCN(CCCN(C)C)c1ccc(C(=O)O)nc1. The van der Waals surface area contributed by atoms with Gasteiger partial charge in [0.15, 0.2) is 0 Å². The second-order valence-corrected chi connectivity index (χ2v) is 4.44. The van der Waals surface area contributed by atoms with Crippen LogP contribution in [0.2, 0.25) is 0 Å². The van der Waals surface area contributed by atoms with Gasteiger partial charge < -0.3 is 14.9 Å². The van der Waals surface area contributed by atoms with E-state index in [1.807, 2.05) is 6.07 Å². The number of hydrogen-bond donors (Lipinski definition) is 1. The molecule has 0 unspecified atom stereocenters. The summed E-state index contributed by atoms with van der Waals surface area (Å²) in [7, 11) is 4.11. The van der Waals surface area contributed by atoms with Crippen LogP contribution in [0.5, 0.6) is 0 Å². The first-order chi connectivity index (χ1) is 8.54. The predicted octanol–water partition coefficient (Wildman–Crippen LogP) is 1.56. The van der Waals surface area contributed by atoms with E-state index in [1.165, 1.54) is 0 Å². The molecule has 5 nitrogen and oxygen atoms in total. The number of rotatable bonds is 7. The van der Waals surface area contributed by atoms with Gasteiger partial charge in [-0.05, 0) is 46.1 Å². The number of anilines is 1. The van der Waals surface area contributed by atoms with Crippen molar-refractivity contribution < 1.29 is 9.90 Å². The third-order valence-electron chi connectivity index (χ3n) is 2.75. The molecule has 0 saturated carbocycles. The Balaban J connectivity index is 2.61. The Morgan fingerprint density at radius 2 is 2.06 bits per heavy atom. The minimum atomic E-state index is -0.989. The average molecular weight is 251 g/mol. The van der Waals surface area contributed by atoms with Crippen molar-refractivity contribution in [1.82, 2.24) is 9.88 Å². The zero-order chi connectivity index (χ0) is 13.5. The minimum Gasteiger partial charge on any atom is -0.477 e. The standard InChI is InChI=1S/C13H21N3O2/c1-4-16(9-5-8-15(2)3)11-6-7-12(13(17)18)14-10-11/h6-7,10H,4-5,8-9H2,1-3H3,(H,17,18). The van der Waals surface area contributed by atoms with Gasteiger partial charge in [0.2, 0.25) is 0 Å². The summed E-state index contributed by atoms with van der Waals surface area (Å²) in [6.45, 7) is 4.96. The van der Waals surface area contributed by atoms with Crippen LogP contribution in [0.25, 0.3) is 0 Å². The topological polar surface area (TPSA) is 56.7 Å². The summed E-state index contributed by atoms with van der Waals surface area (Å²) in [6.07, 6.45) is 2.70. The van der Waals surface area contributed by atoms with Gasteiger partial charge in [-0.3, -0.25) is 0 Å². The Labute approximate surface area is 108 Å². The summed E-state index contributed by atoms with van der Waals surface area (Å²) in [5.41, 5.74) is 1.06. The van der Waals surface area contributed by atoms with E-state index in [0.717, 1.165) is 31.7 Å². The fourth-order valence-corrected chi connectivity index (χ4v) is 1.75. The number of pyridine rings is 1. The first kappa shape index (κ1) is 14.4. The van der Waals surface area contributed by atoms with Gasteiger partial charge in [0.1, 0.15) is 5.69 Å². The van der Waals surface area contributed by atoms with Crippen molar-refractivity contribution in [2.24, 2.45) is 0 Å². The van der Waals surface area contributed by atoms with Gasteiger partial charge in [0, 0.05) is 13.1 Å². The highest BCUT2D eigenvalue weighted by atomic mass is 16.4. The molecule has 1 heterocycles. The van der Waals surface area contributed by atoms with Crippen LogP contribution < -0.4 is 4.90 Å². The molecule has 0 radical (unpaired) electrons. The van der Waals surface area contributed by atoms with E-state index in [4.69, 9.17) is 5.11 Å². The summed E-state index contributed by atoms with van der Waals surface area (Å²) in [6, 6.07) is 3.36. The number of nitrogens with zero attached hydrogens (tertiary/aromatic N) is 3. The number of hydrogen-bond acceptors (Lipinski definition) is 4. The number of carboxylic acids is 1. The van der Waals surface area contributed by atoms with Gasteiger partial charge in [0.25, 0.3) is 0 Å². The maximum Gasteiger partial charge on any atom is 0.354 e. The van der Waals surface area contributed by atoms with Crippen LogP contribution in [0.4, 0.5) is 5.69 Å². The molecule has 0 aliphatic rings. The molecule has 0 aliphatic heterocycles. The molecule has 0 amide bonds. The molecule has 0 aliphatic carbocycles. The van der Waals surface area contributed by atoms with E-state index in [9.17, 15) is 4.79 Å². The van der Waals surface area contributed by atoms with E-state index in [-0.39, 0.29) is 5.69 Å². The smallest absolute Gasteiger partial charge is 0.354 e. The highest BCUT2D eigenvalue weighted by Crippen LogP contribution is 2.13. The molecule has 0 saturated heterocycles. The minimum absolute atomic E-state index is 0.0862. The predicted molar refractivity (Wildman–Crippen MR) is 72.3 cm³/mol. The largest absolute Gasteiger partial charge is 0.477 e. The summed E-state index contributed by atoms with van der Waals surface area (Å²) in [5, 5.41) is 8.79. The number of aromatic nitrogens is 1. The lowest BCUT2D eigenvalue weighted by Gasteiger charge is -2.23. The van der Waals surface area contributed by atoms with Gasteiger partial charge in [-0.15, -0.1) is 0 Å². The number of carboxylic acid groups (broad SMARTS) is 1. The fraction of sp³-hybridized carbons (Fsp3) is 0.538. The van der Waals surface area contributed by atoms with Crippen LogP contribution in [-0.4, -0.2) is 54.7 Å². The van der Waals surface area contributed by atoms with Crippen molar-refractivity contribution in [2.45, 2.75) is 13.3 Å². The Morgan fingerprint density at radius 1 is 1.33 bits per heavy atom. The monoisotopic (exact) mass is 251 g/mol. The Bertz CT molecular complexity index is 376. The molecule has 100 valence electrons. The molecule has 1 aromatic heterocycles. The molecule has 0 atom stereocenters. The van der Waals surface area contributed by atoms with E-state index in [1.54, 1.807) is 12.3 Å². The zero-order valence-electron chi connectivity index (χ0n) is 11.3. The lowest BCUT2D eigenvalue weighted by atomic mass is 10.3. The quantitative estimate of drug-likeness (QED) is 0.797. The second-order valence-electron chi connectivity index (χ2n) is 4.44. The normalized spacial score (nSPS) is 10.7. The van der Waals surface area contributed by atoms with Crippen LogP contribution in [0.1, 0.15) is 23.8 Å². The van der Waals surface area contributed by atoms with Crippen molar-refractivity contribution in [1.29, 1.82) is 0 Å². The van der Waals surface area contributed by atoms with Gasteiger partial charge in [-0.1, -0.05) is 0 Å². The van der Waals surface area contributed by atoms with Crippen molar-refractivity contribution in [3.05, 3.63) is 24.0 Å². The van der Waals surface area contributed by atoms with E-state index in [2.05, 4.69) is 35.8 Å². The molecule has 1 aromatic rings. The third-order valence-corrected chi connectivity index (χ3v) is 2.75. The van der Waals surface area contributed by atoms with E-state index in [0.29, 0.717) is 0 Å². The summed E-state index contributed by atoms with van der Waals surface area (Å²) in [5.74, 6) is -0.989. The molecular formula is C13H21N3O2. The van der Waals surface area contributed by atoms with Crippen molar-refractivity contribution in [2.75, 3.05) is 38.6 Å². The van der Waals surface area contributed by atoms with Crippen LogP contribution >= 0.6 is 0 Å². The Morgan fingerprint density at radius 3 is 2.50 bits per heavy atom. The molecule has 18 heavy (non-hydrogen) atoms. The van der Waals surface area contributed by atoms with Gasteiger partial charge >= 0.3 is 5.97 Å². The summed E-state index contributed by atoms with van der Waals surface area (Å²) in [4.78, 5) is 19.0. The maximum absolute atomic E-state index is 10.7. The molecule has 0 spiro atoms. The molecular weight excluding hydrogens is 230 g/mol. The molecule has 1 N–H and O–H groups in total. The van der Waals surface area contributed by atoms with Gasteiger partial charge in [-0.2, -0.15) is 0 Å². The second kappa shape index (κ2) is 6.96. The van der Waals surface area contributed by atoms with Crippen molar-refractivity contribution in [3.63, 3.8) is 0 Å². The van der Waals surface area contributed by atoms with Crippen LogP contribution in [0, 0.1) is 0 Å². The maximum atomic E-state index is 10.7. The van der Waals surface area contributed by atoms with E-state index < -0.39 is 5.97 Å². The van der Waals surface area contributed by atoms with E-state index >= 15 is 0 Å². The zero-order valence-corrected chi connectivity index (χ0v) is 11.3. The van der Waals surface area contributed by atoms with Crippen LogP contribution in [-0.2, 0) is 0 Å². The first-order valence-electron chi connectivity index (χ1n) is 6.13. The van der Waals surface area contributed by atoms with Crippen molar-refractivity contribution >= 4 is 11.7 Å². The third kappa shape index (κ3) is 4.33. The van der Waals surface area contributed by atoms with Gasteiger partial charge in [-0.25, -0.2) is 9.78 Å². The fourth-order valence-electron chi connectivity index (χ4n) is 1.75. The molecule has 0 bridgehead atoms. The van der Waals surface area contributed by atoms with Crippen LogP contribution in [0.3, 0.4) is 0 Å². The lowest BCUT2D eigenvalue weighted by molar-refractivity contribution is 0.0690. The average Bonchev–Trinajstić information content (AvgIpc) is 2.34. The first-order valence-corrected chi connectivity index (χ1v) is 6.13. The molecule has 1 rings (SSSR count). The van der Waals surface area contributed by atoms with Crippen molar-refractivity contribution in [3.8, 4) is 0 Å². The summed E-state index contributed by atoms with van der Waals surface area (Å²) >= 11 is 0.